The van der Waals surface area contributed by atoms with Crippen molar-refractivity contribution in [1.82, 2.24) is 14.3 Å². The van der Waals surface area contributed by atoms with Gasteiger partial charge in [-0.25, -0.2) is 14.2 Å². The van der Waals surface area contributed by atoms with Crippen molar-refractivity contribution in [3.8, 4) is 11.1 Å². The van der Waals surface area contributed by atoms with Crippen molar-refractivity contribution in [2.24, 2.45) is 5.92 Å². The minimum absolute atomic E-state index is 0.00877. The maximum Gasteiger partial charge on any atom is 0.389 e. The fourth-order valence-electron chi connectivity index (χ4n) is 5.16. The Morgan fingerprint density at radius 3 is 2.65 bits per heavy atom. The van der Waals surface area contributed by atoms with E-state index in [1.807, 2.05) is 23.6 Å². The number of ether oxygens (including phenoxy) is 1. The van der Waals surface area contributed by atoms with Crippen molar-refractivity contribution in [2.45, 2.75) is 32.9 Å². The number of alkyl halides is 3. The standard InChI is InChI=1S/C26H29F4N5O2/c1-16-9-21(27)22(32-25(36)34-4-3-18(14-34)12-26(28,29)30)11-20(16)19-10-23(33-5-7-37-8-6-33)24-31-13-17(2)35(24)15-19/h9-11,13,15,18H,3-8,12,14H2,1-2H3,(H,32,36). The molecule has 3 aromatic rings. The van der Waals surface area contributed by atoms with Crippen molar-refractivity contribution in [2.75, 3.05) is 49.6 Å². The van der Waals surface area contributed by atoms with Crippen molar-refractivity contribution in [3.63, 3.8) is 0 Å². The van der Waals surface area contributed by atoms with Crippen LogP contribution >= 0.6 is 0 Å². The van der Waals surface area contributed by atoms with Crippen LogP contribution in [0, 0.1) is 25.6 Å². The predicted molar refractivity (Wildman–Crippen MR) is 132 cm³/mol. The highest BCUT2D eigenvalue weighted by atomic mass is 19.4. The summed E-state index contributed by atoms with van der Waals surface area (Å²) in [5.41, 5.74) is 4.94. The third-order valence-electron chi connectivity index (χ3n) is 7.08. The van der Waals surface area contributed by atoms with E-state index in [-0.39, 0.29) is 25.2 Å². The van der Waals surface area contributed by atoms with Gasteiger partial charge in [-0.2, -0.15) is 13.2 Å². The topological polar surface area (TPSA) is 62.1 Å². The van der Waals surface area contributed by atoms with E-state index in [0.29, 0.717) is 18.8 Å². The summed E-state index contributed by atoms with van der Waals surface area (Å²) >= 11 is 0. The second-order valence-corrected chi connectivity index (χ2v) is 9.80. The van der Waals surface area contributed by atoms with Gasteiger partial charge in [-0.15, -0.1) is 0 Å². The van der Waals surface area contributed by atoms with E-state index in [1.54, 1.807) is 19.2 Å². The lowest BCUT2D eigenvalue weighted by Gasteiger charge is -2.29. The first-order chi connectivity index (χ1) is 17.6. The fourth-order valence-corrected chi connectivity index (χ4v) is 5.16. The smallest absolute Gasteiger partial charge is 0.378 e. The number of amides is 2. The van der Waals surface area contributed by atoms with Crippen LogP contribution in [0.25, 0.3) is 16.8 Å². The normalized spacial score (nSPS) is 18.6. The second-order valence-electron chi connectivity index (χ2n) is 9.80. The molecule has 2 aliphatic rings. The van der Waals surface area contributed by atoms with E-state index >= 15 is 0 Å². The maximum absolute atomic E-state index is 14.9. The number of carbonyl (C=O) groups excluding carboxylic acids is 1. The van der Waals surface area contributed by atoms with Gasteiger partial charge in [-0.3, -0.25) is 0 Å². The number of aromatic nitrogens is 2. The van der Waals surface area contributed by atoms with Crippen molar-refractivity contribution in [3.05, 3.63) is 47.7 Å². The molecule has 0 spiro atoms. The highest BCUT2D eigenvalue weighted by molar-refractivity contribution is 5.91. The Morgan fingerprint density at radius 1 is 1.16 bits per heavy atom. The van der Waals surface area contributed by atoms with Gasteiger partial charge in [-0.1, -0.05) is 0 Å². The molecule has 1 atom stereocenters. The number of anilines is 2. The number of likely N-dealkylation sites (tertiary alicyclic amines) is 1. The van der Waals surface area contributed by atoms with Crippen molar-refractivity contribution < 1.29 is 27.1 Å². The fraction of sp³-hybridized carbons (Fsp3) is 0.462. The van der Waals surface area contributed by atoms with Gasteiger partial charge in [-0.05, 0) is 55.5 Å². The summed E-state index contributed by atoms with van der Waals surface area (Å²) in [6.45, 7) is 6.62. The zero-order valence-electron chi connectivity index (χ0n) is 20.7. The summed E-state index contributed by atoms with van der Waals surface area (Å²) in [7, 11) is 0. The van der Waals surface area contributed by atoms with Crippen molar-refractivity contribution >= 4 is 23.1 Å². The zero-order chi connectivity index (χ0) is 26.3. The van der Waals surface area contributed by atoms with Crippen LogP contribution in [-0.2, 0) is 4.74 Å². The molecule has 0 saturated carbocycles. The number of imidazole rings is 1. The molecule has 37 heavy (non-hydrogen) atoms. The Bertz CT molecular complexity index is 1320. The molecule has 2 aromatic heterocycles. The molecular weight excluding hydrogens is 490 g/mol. The Labute approximate surface area is 212 Å². The lowest BCUT2D eigenvalue weighted by molar-refractivity contribution is -0.143. The Balaban J connectivity index is 1.44. The molecule has 0 aliphatic carbocycles. The summed E-state index contributed by atoms with van der Waals surface area (Å²) < 4.78 is 60.6. The van der Waals surface area contributed by atoms with Gasteiger partial charge >= 0.3 is 12.2 Å². The number of nitrogens with zero attached hydrogens (tertiary/aromatic N) is 4. The summed E-state index contributed by atoms with van der Waals surface area (Å²) in [6, 6.07) is 4.36. The van der Waals surface area contributed by atoms with Crippen LogP contribution in [0.5, 0.6) is 0 Å². The molecule has 1 N–H and O–H groups in total. The minimum atomic E-state index is -4.27. The molecule has 2 amide bonds. The second kappa shape index (κ2) is 9.85. The summed E-state index contributed by atoms with van der Waals surface area (Å²) in [4.78, 5) is 20.9. The number of urea groups is 1. The first kappa shape index (κ1) is 25.3. The van der Waals surface area contributed by atoms with E-state index in [4.69, 9.17) is 4.74 Å². The van der Waals surface area contributed by atoms with Crippen LogP contribution < -0.4 is 10.2 Å². The summed E-state index contributed by atoms with van der Waals surface area (Å²) in [6.07, 6.45) is -1.20. The number of pyridine rings is 1. The van der Waals surface area contributed by atoms with Gasteiger partial charge in [0.2, 0.25) is 0 Å². The predicted octanol–water partition coefficient (Wildman–Crippen LogP) is 5.40. The van der Waals surface area contributed by atoms with Gasteiger partial charge < -0.3 is 24.3 Å². The number of hydrogen-bond acceptors (Lipinski definition) is 4. The molecular formula is C26H29F4N5O2. The molecule has 4 heterocycles. The molecule has 0 bridgehead atoms. The van der Waals surface area contributed by atoms with Gasteiger partial charge in [0.1, 0.15) is 5.82 Å². The minimum Gasteiger partial charge on any atom is -0.378 e. The summed E-state index contributed by atoms with van der Waals surface area (Å²) in [5.74, 6) is -1.25. The number of halogens is 4. The first-order valence-corrected chi connectivity index (χ1v) is 12.3. The van der Waals surface area contributed by atoms with E-state index in [0.717, 1.165) is 41.2 Å². The van der Waals surface area contributed by atoms with Crippen LogP contribution in [-0.4, -0.2) is 65.9 Å². The highest BCUT2D eigenvalue weighted by Crippen LogP contribution is 2.35. The highest BCUT2D eigenvalue weighted by Gasteiger charge is 2.36. The average Bonchev–Trinajstić information content (AvgIpc) is 3.46. The molecule has 7 nitrogen and oxygen atoms in total. The molecule has 2 fully saturated rings. The van der Waals surface area contributed by atoms with Crippen LogP contribution in [0.3, 0.4) is 0 Å². The van der Waals surface area contributed by atoms with Gasteiger partial charge in [0.05, 0.1) is 24.6 Å². The molecule has 1 unspecified atom stereocenters. The van der Waals surface area contributed by atoms with E-state index in [2.05, 4.69) is 15.2 Å². The van der Waals surface area contributed by atoms with Crippen LogP contribution in [0.1, 0.15) is 24.1 Å². The SMILES string of the molecule is Cc1cc(F)c(NC(=O)N2CCC(CC(F)(F)F)C2)cc1-c1cc(N2CCOCC2)c2ncc(C)n2c1. The zero-order valence-corrected chi connectivity index (χ0v) is 20.7. The third-order valence-corrected chi connectivity index (χ3v) is 7.08. The molecule has 11 heteroatoms. The Hall–Kier alpha value is -3.34. The Morgan fingerprint density at radius 2 is 1.92 bits per heavy atom. The van der Waals surface area contributed by atoms with Gasteiger partial charge in [0, 0.05) is 56.3 Å². The number of morpholine rings is 1. The number of benzene rings is 1. The van der Waals surface area contributed by atoms with Crippen LogP contribution in [0.2, 0.25) is 0 Å². The lowest BCUT2D eigenvalue weighted by Crippen LogP contribution is -2.36. The average molecular weight is 520 g/mol. The first-order valence-electron chi connectivity index (χ1n) is 12.3. The molecule has 2 aliphatic heterocycles. The number of carbonyl (C=O) groups is 1. The van der Waals surface area contributed by atoms with E-state index < -0.39 is 30.4 Å². The monoisotopic (exact) mass is 519 g/mol. The number of rotatable bonds is 4. The third kappa shape index (κ3) is 5.36. The molecule has 198 valence electrons. The van der Waals surface area contributed by atoms with Gasteiger partial charge in [0.25, 0.3) is 0 Å². The summed E-state index contributed by atoms with van der Waals surface area (Å²) in [5, 5.41) is 2.58. The van der Waals surface area contributed by atoms with Gasteiger partial charge in [0.15, 0.2) is 5.65 Å². The quantitative estimate of drug-likeness (QED) is 0.469. The Kier molecular flexibility index (Phi) is 6.74. The molecule has 1 aromatic carbocycles. The molecule has 5 rings (SSSR count). The number of fused-ring (bicyclic) bond motifs is 1. The molecule has 2 saturated heterocycles. The lowest BCUT2D eigenvalue weighted by atomic mass is 10.00. The number of hydrogen-bond donors (Lipinski definition) is 1. The largest absolute Gasteiger partial charge is 0.389 e. The van der Waals surface area contributed by atoms with Crippen molar-refractivity contribution in [1.29, 1.82) is 0 Å². The van der Waals surface area contributed by atoms with Crippen LogP contribution in [0.4, 0.5) is 33.7 Å². The van der Waals surface area contributed by atoms with E-state index in [1.165, 1.54) is 11.0 Å². The number of aryl methyl sites for hydroxylation is 2. The van der Waals surface area contributed by atoms with Crippen LogP contribution in [0.15, 0.2) is 30.6 Å². The van der Waals surface area contributed by atoms with E-state index in [9.17, 15) is 22.4 Å². The maximum atomic E-state index is 14.9. The number of nitrogens with one attached hydrogen (secondary N) is 1. The molecule has 0 radical (unpaired) electrons.